The summed E-state index contributed by atoms with van der Waals surface area (Å²) in [5.74, 6) is 1.60. The predicted octanol–water partition coefficient (Wildman–Crippen LogP) is 0.999. The average molecular weight is 314 g/mol. The zero-order valence-electron chi connectivity index (χ0n) is 13.0. The minimum atomic E-state index is -0.667. The van der Waals surface area contributed by atoms with Gasteiger partial charge < -0.3 is 19.7 Å². The summed E-state index contributed by atoms with van der Waals surface area (Å²) in [5, 5.41) is 2.81. The molecule has 3 rings (SSSR count). The Kier molecular flexibility index (Phi) is 4.27. The number of amides is 1. The minimum Gasteiger partial charge on any atom is -0.485 e. The first-order valence-electron chi connectivity index (χ1n) is 7.29. The van der Waals surface area contributed by atoms with E-state index < -0.39 is 6.10 Å². The molecule has 0 saturated carbocycles. The lowest BCUT2D eigenvalue weighted by molar-refractivity contribution is -0.130. The second-order valence-corrected chi connectivity index (χ2v) is 5.32. The highest BCUT2D eigenvalue weighted by molar-refractivity contribution is 5.81. The van der Waals surface area contributed by atoms with E-state index in [1.807, 2.05) is 32.3 Å². The van der Waals surface area contributed by atoms with Crippen molar-refractivity contribution in [3.63, 3.8) is 0 Å². The Labute approximate surface area is 134 Å². The molecule has 1 aromatic heterocycles. The monoisotopic (exact) mass is 314 g/mol. The Bertz CT molecular complexity index is 705. The Morgan fingerprint density at radius 2 is 2.09 bits per heavy atom. The van der Waals surface area contributed by atoms with E-state index in [1.165, 1.54) is 0 Å². The van der Waals surface area contributed by atoms with Gasteiger partial charge in [0.2, 0.25) is 12.1 Å². The van der Waals surface area contributed by atoms with Gasteiger partial charge >= 0.3 is 0 Å². The van der Waals surface area contributed by atoms with E-state index in [0.29, 0.717) is 24.0 Å². The van der Waals surface area contributed by atoms with Crippen molar-refractivity contribution >= 4 is 11.9 Å². The third-order valence-corrected chi connectivity index (χ3v) is 3.35. The maximum atomic E-state index is 12.2. The molecule has 1 atom stereocenters. The van der Waals surface area contributed by atoms with Gasteiger partial charge in [0.25, 0.3) is 5.91 Å². The molecule has 0 saturated heterocycles. The molecule has 0 fully saturated rings. The van der Waals surface area contributed by atoms with Crippen LogP contribution in [0.4, 0.5) is 5.95 Å². The molecular formula is C16H18N4O3. The lowest BCUT2D eigenvalue weighted by Gasteiger charge is -2.25. The third-order valence-electron chi connectivity index (χ3n) is 3.35. The van der Waals surface area contributed by atoms with E-state index in [0.717, 1.165) is 5.69 Å². The zero-order chi connectivity index (χ0) is 16.2. The number of nitrogens with one attached hydrogen (secondary N) is 1. The van der Waals surface area contributed by atoms with Crippen LogP contribution in [0.3, 0.4) is 0 Å². The van der Waals surface area contributed by atoms with Gasteiger partial charge in [-0.1, -0.05) is 12.1 Å². The van der Waals surface area contributed by atoms with Gasteiger partial charge in [-0.2, -0.15) is 0 Å². The Morgan fingerprint density at radius 1 is 1.30 bits per heavy atom. The summed E-state index contributed by atoms with van der Waals surface area (Å²) in [6.07, 6.45) is 1.00. The van der Waals surface area contributed by atoms with E-state index in [-0.39, 0.29) is 12.5 Å². The van der Waals surface area contributed by atoms with Crippen molar-refractivity contribution in [3.05, 3.63) is 42.2 Å². The number of anilines is 1. The number of carbonyl (C=O) groups excluding carboxylic acids is 1. The number of para-hydroxylation sites is 2. The van der Waals surface area contributed by atoms with Gasteiger partial charge in [0.1, 0.15) is 6.61 Å². The van der Waals surface area contributed by atoms with E-state index in [2.05, 4.69) is 15.3 Å². The fourth-order valence-corrected chi connectivity index (χ4v) is 2.14. The fourth-order valence-electron chi connectivity index (χ4n) is 2.14. The van der Waals surface area contributed by atoms with Crippen LogP contribution in [0.25, 0.3) is 0 Å². The fraction of sp³-hybridized carbons (Fsp3) is 0.312. The smallest absolute Gasteiger partial charge is 0.265 e. The molecular weight excluding hydrogens is 296 g/mol. The molecule has 120 valence electrons. The van der Waals surface area contributed by atoms with Gasteiger partial charge in [0.15, 0.2) is 11.5 Å². The van der Waals surface area contributed by atoms with E-state index in [9.17, 15) is 4.79 Å². The second kappa shape index (κ2) is 6.51. The van der Waals surface area contributed by atoms with Crippen LogP contribution in [0.1, 0.15) is 5.69 Å². The molecule has 1 aliphatic heterocycles. The largest absolute Gasteiger partial charge is 0.485 e. The minimum absolute atomic E-state index is 0.190. The first kappa shape index (κ1) is 15.1. The molecule has 1 unspecified atom stereocenters. The number of hydrogen-bond acceptors (Lipinski definition) is 6. The lowest BCUT2D eigenvalue weighted by Crippen LogP contribution is -2.43. The molecule has 23 heavy (non-hydrogen) atoms. The third kappa shape index (κ3) is 3.50. The standard InChI is InChI=1S/C16H18N4O3/c1-20(2)16-17-8-7-11(19-16)9-18-15(21)14-10-22-12-5-3-4-6-13(12)23-14/h3-8,14H,9-10H2,1-2H3,(H,18,21). The number of fused-ring (bicyclic) bond motifs is 1. The molecule has 1 aliphatic rings. The van der Waals surface area contributed by atoms with Crippen molar-refractivity contribution < 1.29 is 14.3 Å². The number of hydrogen-bond donors (Lipinski definition) is 1. The summed E-state index contributed by atoms with van der Waals surface area (Å²) < 4.78 is 11.2. The van der Waals surface area contributed by atoms with Crippen LogP contribution in [-0.2, 0) is 11.3 Å². The van der Waals surface area contributed by atoms with Crippen LogP contribution in [0.2, 0.25) is 0 Å². The molecule has 0 aliphatic carbocycles. The van der Waals surface area contributed by atoms with Crippen LogP contribution in [-0.4, -0.2) is 42.7 Å². The summed E-state index contributed by atoms with van der Waals surface area (Å²) in [4.78, 5) is 22.5. The number of rotatable bonds is 4. The molecule has 0 spiro atoms. The zero-order valence-corrected chi connectivity index (χ0v) is 13.0. The SMILES string of the molecule is CN(C)c1nccc(CNC(=O)C2COc3ccccc3O2)n1. The molecule has 7 nitrogen and oxygen atoms in total. The van der Waals surface area contributed by atoms with E-state index in [4.69, 9.17) is 9.47 Å². The summed E-state index contributed by atoms with van der Waals surface area (Å²) in [7, 11) is 3.73. The molecule has 1 aromatic carbocycles. The van der Waals surface area contributed by atoms with Crippen LogP contribution < -0.4 is 19.7 Å². The quantitative estimate of drug-likeness (QED) is 0.907. The maximum absolute atomic E-state index is 12.2. The number of ether oxygens (including phenoxy) is 2. The topological polar surface area (TPSA) is 76.6 Å². The van der Waals surface area contributed by atoms with Gasteiger partial charge in [-0.3, -0.25) is 4.79 Å². The number of nitrogens with zero attached hydrogens (tertiary/aromatic N) is 3. The molecule has 0 radical (unpaired) electrons. The highest BCUT2D eigenvalue weighted by Crippen LogP contribution is 2.30. The summed E-state index contributed by atoms with van der Waals surface area (Å²) >= 11 is 0. The molecule has 7 heteroatoms. The van der Waals surface area contributed by atoms with Crippen LogP contribution in [0.5, 0.6) is 11.5 Å². The summed E-state index contributed by atoms with van der Waals surface area (Å²) in [5.41, 5.74) is 0.731. The first-order chi connectivity index (χ1) is 11.1. The van der Waals surface area contributed by atoms with Crippen LogP contribution in [0.15, 0.2) is 36.5 Å². The molecule has 1 N–H and O–H groups in total. The summed E-state index contributed by atoms with van der Waals surface area (Å²) in [6, 6.07) is 9.06. The number of carbonyl (C=O) groups is 1. The molecule has 2 heterocycles. The van der Waals surface area contributed by atoms with Crippen molar-refractivity contribution in [3.8, 4) is 11.5 Å². The number of aromatic nitrogens is 2. The Hall–Kier alpha value is -2.83. The van der Waals surface area contributed by atoms with Crippen molar-refractivity contribution in [2.24, 2.45) is 0 Å². The normalized spacial score (nSPS) is 15.8. The van der Waals surface area contributed by atoms with Crippen molar-refractivity contribution in [1.29, 1.82) is 0 Å². The predicted molar refractivity (Wildman–Crippen MR) is 84.6 cm³/mol. The Morgan fingerprint density at radius 3 is 2.87 bits per heavy atom. The van der Waals surface area contributed by atoms with Crippen molar-refractivity contribution in [2.75, 3.05) is 25.6 Å². The molecule has 2 aromatic rings. The van der Waals surface area contributed by atoms with E-state index in [1.54, 1.807) is 23.2 Å². The molecule has 0 bridgehead atoms. The average Bonchev–Trinajstić information content (AvgIpc) is 2.59. The second-order valence-electron chi connectivity index (χ2n) is 5.32. The summed E-state index contributed by atoms with van der Waals surface area (Å²) in [6.45, 7) is 0.499. The van der Waals surface area contributed by atoms with Crippen LogP contribution >= 0.6 is 0 Å². The van der Waals surface area contributed by atoms with Gasteiger partial charge in [-0.25, -0.2) is 9.97 Å². The van der Waals surface area contributed by atoms with Crippen molar-refractivity contribution in [2.45, 2.75) is 12.6 Å². The van der Waals surface area contributed by atoms with E-state index >= 15 is 0 Å². The lowest BCUT2D eigenvalue weighted by atomic mass is 10.2. The maximum Gasteiger partial charge on any atom is 0.265 e. The van der Waals surface area contributed by atoms with Crippen LogP contribution in [0, 0.1) is 0 Å². The first-order valence-corrected chi connectivity index (χ1v) is 7.29. The van der Waals surface area contributed by atoms with Gasteiger partial charge in [-0.05, 0) is 18.2 Å². The van der Waals surface area contributed by atoms with Gasteiger partial charge in [0.05, 0.1) is 12.2 Å². The van der Waals surface area contributed by atoms with Gasteiger partial charge in [0, 0.05) is 20.3 Å². The highest BCUT2D eigenvalue weighted by atomic mass is 16.6. The highest BCUT2D eigenvalue weighted by Gasteiger charge is 2.27. The number of benzene rings is 1. The Balaban J connectivity index is 1.59. The molecule has 1 amide bonds. The van der Waals surface area contributed by atoms with Gasteiger partial charge in [-0.15, -0.1) is 0 Å². The van der Waals surface area contributed by atoms with Crippen molar-refractivity contribution in [1.82, 2.24) is 15.3 Å².